The van der Waals surface area contributed by atoms with Crippen LogP contribution in [-0.2, 0) is 15.9 Å². The smallest absolute Gasteiger partial charge is 0.425 e. The standard InChI is InChI=1S/C35H40F4O5/c1-3-4-5-6-7-8-9-10-11-25-12-14-26(15-13-25)27-16-18-28(19-17-27)33(40)43-31-21-20-29(24-30(31)36)34(41)44-32(22-23-42-2)35(37,38)39/h12-21,24,32H,3-11,22-23H2,1-2H3/t32-/m1/s1. The van der Waals surface area contributed by atoms with Crippen molar-refractivity contribution in [2.75, 3.05) is 13.7 Å². The van der Waals surface area contributed by atoms with Gasteiger partial charge in [0.1, 0.15) is 0 Å². The van der Waals surface area contributed by atoms with Crippen LogP contribution in [0.15, 0.2) is 66.7 Å². The summed E-state index contributed by atoms with van der Waals surface area (Å²) in [5, 5.41) is 0. The molecular weight excluding hydrogens is 576 g/mol. The molecule has 0 bridgehead atoms. The Morgan fingerprint density at radius 3 is 1.89 bits per heavy atom. The van der Waals surface area contributed by atoms with Gasteiger partial charge in [0.05, 0.1) is 17.7 Å². The summed E-state index contributed by atoms with van der Waals surface area (Å²) in [5.41, 5.74) is 2.90. The minimum absolute atomic E-state index is 0.175. The number of carbonyl (C=O) groups excluding carboxylic acids is 2. The lowest BCUT2D eigenvalue weighted by Crippen LogP contribution is -2.34. The van der Waals surface area contributed by atoms with Gasteiger partial charge in [-0.15, -0.1) is 0 Å². The van der Waals surface area contributed by atoms with E-state index in [2.05, 4.69) is 28.5 Å². The molecule has 0 aliphatic heterocycles. The molecular formula is C35H40F4O5. The fourth-order valence-electron chi connectivity index (χ4n) is 4.71. The molecule has 1 atom stereocenters. The van der Waals surface area contributed by atoms with Gasteiger partial charge in [0.15, 0.2) is 17.7 Å². The van der Waals surface area contributed by atoms with Gasteiger partial charge in [0.25, 0.3) is 0 Å². The zero-order valence-corrected chi connectivity index (χ0v) is 25.3. The van der Waals surface area contributed by atoms with Gasteiger partial charge in [-0.1, -0.05) is 88.3 Å². The van der Waals surface area contributed by atoms with Crippen molar-refractivity contribution in [2.24, 2.45) is 0 Å². The summed E-state index contributed by atoms with van der Waals surface area (Å²) in [6.45, 7) is 1.94. The number of methoxy groups -OCH3 is 1. The highest BCUT2D eigenvalue weighted by Crippen LogP contribution is 2.28. The molecule has 44 heavy (non-hydrogen) atoms. The highest BCUT2D eigenvalue weighted by molar-refractivity contribution is 5.92. The van der Waals surface area contributed by atoms with Gasteiger partial charge >= 0.3 is 18.1 Å². The molecule has 0 N–H and O–H groups in total. The van der Waals surface area contributed by atoms with Crippen molar-refractivity contribution < 1.29 is 41.4 Å². The van der Waals surface area contributed by atoms with Crippen molar-refractivity contribution in [3.05, 3.63) is 89.2 Å². The molecule has 3 aromatic rings. The summed E-state index contributed by atoms with van der Waals surface area (Å²) in [6.07, 6.45) is 3.48. The second-order valence-corrected chi connectivity index (χ2v) is 10.8. The van der Waals surface area contributed by atoms with Crippen LogP contribution in [0.5, 0.6) is 5.75 Å². The van der Waals surface area contributed by atoms with E-state index in [1.807, 2.05) is 12.1 Å². The highest BCUT2D eigenvalue weighted by Gasteiger charge is 2.42. The molecule has 238 valence electrons. The molecule has 9 heteroatoms. The van der Waals surface area contributed by atoms with Crippen LogP contribution in [0.25, 0.3) is 11.1 Å². The summed E-state index contributed by atoms with van der Waals surface area (Å²) in [7, 11) is 1.22. The zero-order valence-electron chi connectivity index (χ0n) is 25.3. The van der Waals surface area contributed by atoms with E-state index in [9.17, 15) is 27.2 Å². The molecule has 3 rings (SSSR count). The number of ether oxygens (including phenoxy) is 3. The molecule has 0 saturated carbocycles. The molecule has 0 fully saturated rings. The fourth-order valence-corrected chi connectivity index (χ4v) is 4.71. The van der Waals surface area contributed by atoms with Crippen molar-refractivity contribution in [1.29, 1.82) is 0 Å². The van der Waals surface area contributed by atoms with Gasteiger partial charge in [-0.2, -0.15) is 13.2 Å². The molecule has 0 aliphatic carbocycles. The van der Waals surface area contributed by atoms with Crippen molar-refractivity contribution in [3.63, 3.8) is 0 Å². The van der Waals surface area contributed by atoms with E-state index in [1.165, 1.54) is 64.0 Å². The maximum atomic E-state index is 14.6. The highest BCUT2D eigenvalue weighted by atomic mass is 19.4. The first-order valence-corrected chi connectivity index (χ1v) is 15.1. The van der Waals surface area contributed by atoms with E-state index in [0.717, 1.165) is 29.7 Å². The maximum Gasteiger partial charge on any atom is 0.425 e. The first kappa shape index (κ1) is 34.8. The van der Waals surface area contributed by atoms with Gasteiger partial charge < -0.3 is 14.2 Å². The van der Waals surface area contributed by atoms with E-state index in [1.54, 1.807) is 24.3 Å². The maximum absolute atomic E-state index is 14.6. The normalized spacial score (nSPS) is 12.1. The number of alkyl halides is 3. The van der Waals surface area contributed by atoms with Crippen molar-refractivity contribution in [2.45, 2.75) is 83.4 Å². The number of aryl methyl sites for hydroxylation is 1. The Morgan fingerprint density at radius 1 is 0.750 bits per heavy atom. The number of esters is 2. The molecule has 0 aliphatic rings. The van der Waals surface area contributed by atoms with Crippen LogP contribution < -0.4 is 4.74 Å². The van der Waals surface area contributed by atoms with E-state index in [0.29, 0.717) is 6.07 Å². The first-order valence-electron chi connectivity index (χ1n) is 15.1. The minimum atomic E-state index is -4.81. The van der Waals surface area contributed by atoms with Crippen LogP contribution in [-0.4, -0.2) is 37.9 Å². The van der Waals surface area contributed by atoms with E-state index < -0.39 is 47.8 Å². The van der Waals surface area contributed by atoms with Crippen LogP contribution in [0.2, 0.25) is 0 Å². The summed E-state index contributed by atoms with van der Waals surface area (Å²) in [4.78, 5) is 24.8. The SMILES string of the molecule is CCCCCCCCCCc1ccc(-c2ccc(C(=O)Oc3ccc(C(=O)O[C@H](CCOC)C(F)(F)F)cc3F)cc2)cc1. The minimum Gasteiger partial charge on any atom is -0.449 e. The summed E-state index contributed by atoms with van der Waals surface area (Å²) < 4.78 is 68.3. The molecule has 0 saturated heterocycles. The Hall–Kier alpha value is -3.72. The van der Waals surface area contributed by atoms with Crippen LogP contribution in [0.4, 0.5) is 17.6 Å². The largest absolute Gasteiger partial charge is 0.449 e. The van der Waals surface area contributed by atoms with E-state index in [4.69, 9.17) is 4.74 Å². The van der Waals surface area contributed by atoms with Crippen LogP contribution in [0.3, 0.4) is 0 Å². The second kappa shape index (κ2) is 17.5. The van der Waals surface area contributed by atoms with Gasteiger partial charge in [0.2, 0.25) is 0 Å². The number of halogens is 4. The molecule has 3 aromatic carbocycles. The van der Waals surface area contributed by atoms with Gasteiger partial charge in [-0.05, 0) is 59.9 Å². The Kier molecular flexibility index (Phi) is 13.9. The van der Waals surface area contributed by atoms with E-state index >= 15 is 0 Å². The molecule has 0 unspecified atom stereocenters. The topological polar surface area (TPSA) is 61.8 Å². The number of benzene rings is 3. The summed E-state index contributed by atoms with van der Waals surface area (Å²) in [5.74, 6) is -3.77. The number of carbonyl (C=O) groups is 2. The zero-order chi connectivity index (χ0) is 32.0. The third-order valence-corrected chi connectivity index (χ3v) is 7.30. The molecule has 0 aromatic heterocycles. The third kappa shape index (κ3) is 11.1. The monoisotopic (exact) mass is 616 g/mol. The van der Waals surface area contributed by atoms with Crippen molar-refractivity contribution in [3.8, 4) is 16.9 Å². The van der Waals surface area contributed by atoms with Crippen LogP contribution >= 0.6 is 0 Å². The number of hydrogen-bond donors (Lipinski definition) is 0. The lowest BCUT2D eigenvalue weighted by atomic mass is 10.00. The molecule has 0 radical (unpaired) electrons. The molecule has 5 nitrogen and oxygen atoms in total. The van der Waals surface area contributed by atoms with Crippen molar-refractivity contribution in [1.82, 2.24) is 0 Å². The number of unbranched alkanes of at least 4 members (excludes halogenated alkanes) is 7. The van der Waals surface area contributed by atoms with Gasteiger partial charge in [-0.25, -0.2) is 14.0 Å². The van der Waals surface area contributed by atoms with Crippen molar-refractivity contribution >= 4 is 11.9 Å². The number of rotatable bonds is 17. The third-order valence-electron chi connectivity index (χ3n) is 7.30. The summed E-state index contributed by atoms with van der Waals surface area (Å²) in [6, 6.07) is 17.7. The summed E-state index contributed by atoms with van der Waals surface area (Å²) >= 11 is 0. The predicted molar refractivity (Wildman–Crippen MR) is 161 cm³/mol. The molecule has 0 heterocycles. The predicted octanol–water partition coefficient (Wildman–Crippen LogP) is 9.52. The molecule has 0 spiro atoms. The van der Waals surface area contributed by atoms with Crippen LogP contribution in [0.1, 0.15) is 91.0 Å². The Bertz CT molecular complexity index is 1320. The van der Waals surface area contributed by atoms with Gasteiger partial charge in [0, 0.05) is 13.5 Å². The van der Waals surface area contributed by atoms with Gasteiger partial charge in [-0.3, -0.25) is 0 Å². The Labute approximate surface area is 256 Å². The lowest BCUT2D eigenvalue weighted by Gasteiger charge is -2.20. The van der Waals surface area contributed by atoms with Crippen LogP contribution in [0, 0.1) is 5.82 Å². The average Bonchev–Trinajstić information content (AvgIpc) is 3.01. The Morgan fingerprint density at radius 2 is 1.32 bits per heavy atom. The second-order valence-electron chi connectivity index (χ2n) is 10.8. The first-order chi connectivity index (χ1) is 21.1. The number of hydrogen-bond acceptors (Lipinski definition) is 5. The lowest BCUT2D eigenvalue weighted by molar-refractivity contribution is -0.208. The Balaban J connectivity index is 1.52. The molecule has 0 amide bonds. The van der Waals surface area contributed by atoms with E-state index in [-0.39, 0.29) is 12.2 Å². The fraction of sp³-hybridized carbons (Fsp3) is 0.429. The quantitative estimate of drug-likeness (QED) is 0.0654. The average molecular weight is 617 g/mol.